The SMILES string of the molecule is COc1ccc(-c2cc(-c3ccccc3)nc3sc(C(=O)Nc4cc(C)on4)c(N)c23)cc1. The summed E-state index contributed by atoms with van der Waals surface area (Å²) in [6, 6.07) is 21.3. The number of nitrogen functional groups attached to an aromatic ring is 1. The predicted octanol–water partition coefficient (Wildman–Crippen LogP) is 5.77. The number of benzene rings is 2. The highest BCUT2D eigenvalue weighted by Crippen LogP contribution is 2.41. The lowest BCUT2D eigenvalue weighted by atomic mass is 9.99. The first-order valence-corrected chi connectivity index (χ1v) is 11.0. The van der Waals surface area contributed by atoms with Gasteiger partial charge in [0.1, 0.15) is 21.2 Å². The van der Waals surface area contributed by atoms with Gasteiger partial charge in [-0.2, -0.15) is 0 Å². The minimum absolute atomic E-state index is 0.336. The van der Waals surface area contributed by atoms with Crippen molar-refractivity contribution in [3.63, 3.8) is 0 Å². The predicted molar refractivity (Wildman–Crippen MR) is 131 cm³/mol. The fourth-order valence-electron chi connectivity index (χ4n) is 3.64. The van der Waals surface area contributed by atoms with Crippen LogP contribution in [0.3, 0.4) is 0 Å². The number of pyridine rings is 1. The van der Waals surface area contributed by atoms with E-state index in [1.807, 2.05) is 60.7 Å². The summed E-state index contributed by atoms with van der Waals surface area (Å²) in [6.45, 7) is 1.76. The molecule has 3 N–H and O–H groups in total. The van der Waals surface area contributed by atoms with Gasteiger partial charge in [0.05, 0.1) is 18.5 Å². The number of aromatic nitrogens is 2. The van der Waals surface area contributed by atoms with E-state index in [0.29, 0.717) is 27.0 Å². The summed E-state index contributed by atoms with van der Waals surface area (Å²) < 4.78 is 10.3. The van der Waals surface area contributed by atoms with Crippen molar-refractivity contribution < 1.29 is 14.1 Å². The van der Waals surface area contributed by atoms with Crippen LogP contribution in [0.4, 0.5) is 11.5 Å². The van der Waals surface area contributed by atoms with Crippen LogP contribution in [-0.2, 0) is 0 Å². The number of ether oxygens (including phenoxy) is 1. The van der Waals surface area contributed by atoms with Crippen LogP contribution in [0.15, 0.2) is 71.3 Å². The number of anilines is 2. The molecule has 7 nitrogen and oxygen atoms in total. The zero-order valence-corrected chi connectivity index (χ0v) is 18.8. The van der Waals surface area contributed by atoms with E-state index in [-0.39, 0.29) is 5.91 Å². The van der Waals surface area contributed by atoms with Gasteiger partial charge in [-0.05, 0) is 36.2 Å². The van der Waals surface area contributed by atoms with Crippen LogP contribution in [0.2, 0.25) is 0 Å². The monoisotopic (exact) mass is 456 g/mol. The summed E-state index contributed by atoms with van der Waals surface area (Å²) in [7, 11) is 1.63. The van der Waals surface area contributed by atoms with Gasteiger partial charge in [0.2, 0.25) is 0 Å². The van der Waals surface area contributed by atoms with Crippen LogP contribution in [0.25, 0.3) is 32.6 Å². The molecule has 0 saturated heterocycles. The zero-order chi connectivity index (χ0) is 22.9. The third kappa shape index (κ3) is 3.92. The number of rotatable bonds is 5. The number of nitrogens with one attached hydrogen (secondary N) is 1. The van der Waals surface area contributed by atoms with Crippen molar-refractivity contribution in [1.29, 1.82) is 0 Å². The number of amides is 1. The summed E-state index contributed by atoms with van der Waals surface area (Å²) in [5.41, 5.74) is 10.5. The second-order valence-corrected chi connectivity index (χ2v) is 8.45. The van der Waals surface area contributed by atoms with Crippen molar-refractivity contribution in [2.45, 2.75) is 6.92 Å². The van der Waals surface area contributed by atoms with E-state index in [0.717, 1.165) is 33.5 Å². The number of hydrogen-bond acceptors (Lipinski definition) is 7. The average Bonchev–Trinajstić information content (AvgIpc) is 3.41. The molecule has 0 atom stereocenters. The summed E-state index contributed by atoms with van der Waals surface area (Å²) in [5, 5.41) is 7.32. The highest BCUT2D eigenvalue weighted by Gasteiger charge is 2.22. The molecule has 0 aliphatic carbocycles. The van der Waals surface area contributed by atoms with Gasteiger partial charge in [-0.1, -0.05) is 47.6 Å². The maximum absolute atomic E-state index is 13.0. The number of fused-ring (bicyclic) bond motifs is 1. The smallest absolute Gasteiger partial charge is 0.269 e. The average molecular weight is 457 g/mol. The van der Waals surface area contributed by atoms with E-state index in [1.54, 1.807) is 20.1 Å². The Labute approximate surface area is 193 Å². The molecule has 1 amide bonds. The molecule has 0 aliphatic rings. The van der Waals surface area contributed by atoms with E-state index < -0.39 is 0 Å². The lowest BCUT2D eigenvalue weighted by molar-refractivity contribution is 0.103. The maximum Gasteiger partial charge on any atom is 0.269 e. The Morgan fingerprint density at radius 1 is 1.06 bits per heavy atom. The minimum atomic E-state index is -0.356. The first-order chi connectivity index (χ1) is 16.0. The van der Waals surface area contributed by atoms with Gasteiger partial charge in [-0.25, -0.2) is 4.98 Å². The number of nitrogens with zero attached hydrogens (tertiary/aromatic N) is 2. The standard InChI is InChI=1S/C25H20N4O3S/c1-14-12-20(29-32-14)28-24(30)23-22(26)21-18(15-8-10-17(31-2)11-9-15)13-19(27-25(21)33-23)16-6-4-3-5-7-16/h3-13H,26H2,1-2H3,(H,28,29,30). The van der Waals surface area contributed by atoms with E-state index in [9.17, 15) is 4.79 Å². The molecule has 0 bridgehead atoms. The molecule has 0 aliphatic heterocycles. The Morgan fingerprint density at radius 2 is 1.82 bits per heavy atom. The summed E-state index contributed by atoms with van der Waals surface area (Å²) >= 11 is 1.25. The van der Waals surface area contributed by atoms with Gasteiger partial charge in [-0.15, -0.1) is 11.3 Å². The minimum Gasteiger partial charge on any atom is -0.497 e. The first kappa shape index (κ1) is 20.7. The summed E-state index contributed by atoms with van der Waals surface area (Å²) in [5.74, 6) is 1.34. The lowest BCUT2D eigenvalue weighted by Crippen LogP contribution is -2.12. The molecule has 164 valence electrons. The number of hydrogen-bond donors (Lipinski definition) is 2. The second kappa shape index (κ2) is 8.40. The van der Waals surface area contributed by atoms with Gasteiger partial charge in [0.25, 0.3) is 5.91 Å². The number of nitrogens with two attached hydrogens (primary N) is 1. The number of methoxy groups -OCH3 is 1. The van der Waals surface area contributed by atoms with Crippen molar-refractivity contribution in [3.8, 4) is 28.1 Å². The van der Waals surface area contributed by atoms with Gasteiger partial charge >= 0.3 is 0 Å². The molecular formula is C25H20N4O3S. The third-order valence-corrected chi connectivity index (χ3v) is 6.34. The molecule has 5 rings (SSSR count). The molecule has 0 unspecified atom stereocenters. The maximum atomic E-state index is 13.0. The quantitative estimate of drug-likeness (QED) is 0.348. The van der Waals surface area contributed by atoms with Crippen molar-refractivity contribution in [3.05, 3.63) is 77.4 Å². The molecule has 0 spiro atoms. The highest BCUT2D eigenvalue weighted by molar-refractivity contribution is 7.21. The van der Waals surface area contributed by atoms with E-state index in [2.05, 4.69) is 10.5 Å². The highest BCUT2D eigenvalue weighted by atomic mass is 32.1. The van der Waals surface area contributed by atoms with E-state index >= 15 is 0 Å². The normalized spacial score (nSPS) is 11.0. The topological polar surface area (TPSA) is 103 Å². The molecule has 3 aromatic heterocycles. The van der Waals surface area contributed by atoms with Crippen molar-refractivity contribution in [2.75, 3.05) is 18.2 Å². The number of aryl methyl sites for hydroxylation is 1. The fraction of sp³-hybridized carbons (Fsp3) is 0.0800. The summed E-state index contributed by atoms with van der Waals surface area (Å²) in [4.78, 5) is 18.9. The van der Waals surface area contributed by atoms with Crippen LogP contribution in [-0.4, -0.2) is 23.2 Å². The molecule has 5 aromatic rings. The Balaban J connectivity index is 1.67. The van der Waals surface area contributed by atoms with Gasteiger partial charge in [0, 0.05) is 17.0 Å². The Kier molecular flexibility index (Phi) is 5.27. The molecule has 2 aromatic carbocycles. The van der Waals surface area contributed by atoms with Crippen molar-refractivity contribution in [2.24, 2.45) is 0 Å². The van der Waals surface area contributed by atoms with E-state index in [4.69, 9.17) is 20.0 Å². The molecule has 3 heterocycles. The van der Waals surface area contributed by atoms with Gasteiger partial charge in [0.15, 0.2) is 5.82 Å². The molecule has 33 heavy (non-hydrogen) atoms. The van der Waals surface area contributed by atoms with Crippen LogP contribution in [0, 0.1) is 6.92 Å². The Bertz CT molecular complexity index is 1460. The molecule has 0 saturated carbocycles. The fourth-order valence-corrected chi connectivity index (χ4v) is 4.66. The van der Waals surface area contributed by atoms with Crippen LogP contribution in [0.5, 0.6) is 5.75 Å². The second-order valence-electron chi connectivity index (χ2n) is 7.45. The Morgan fingerprint density at radius 3 is 2.48 bits per heavy atom. The van der Waals surface area contributed by atoms with Crippen molar-refractivity contribution in [1.82, 2.24) is 10.1 Å². The van der Waals surface area contributed by atoms with Crippen LogP contribution >= 0.6 is 11.3 Å². The van der Waals surface area contributed by atoms with Crippen LogP contribution < -0.4 is 15.8 Å². The van der Waals surface area contributed by atoms with Crippen LogP contribution in [0.1, 0.15) is 15.4 Å². The third-order valence-electron chi connectivity index (χ3n) is 5.25. The number of carbonyl (C=O) groups is 1. The number of thiophene rings is 1. The summed E-state index contributed by atoms with van der Waals surface area (Å²) in [6.07, 6.45) is 0. The van der Waals surface area contributed by atoms with Gasteiger partial charge in [-0.3, -0.25) is 4.79 Å². The first-order valence-electron chi connectivity index (χ1n) is 10.2. The molecule has 8 heteroatoms. The largest absolute Gasteiger partial charge is 0.497 e. The van der Waals surface area contributed by atoms with Gasteiger partial charge < -0.3 is 20.3 Å². The molecular weight excluding hydrogens is 436 g/mol. The lowest BCUT2D eigenvalue weighted by Gasteiger charge is -2.09. The zero-order valence-electron chi connectivity index (χ0n) is 18.0. The van der Waals surface area contributed by atoms with E-state index in [1.165, 1.54) is 11.3 Å². The Hall–Kier alpha value is -4.17. The molecule has 0 fully saturated rings. The van der Waals surface area contributed by atoms with Crippen molar-refractivity contribution >= 4 is 39.0 Å². The number of carbonyl (C=O) groups excluding carboxylic acids is 1. The molecule has 0 radical (unpaired) electrons.